The number of nitrogens with zero attached hydrogens (tertiary/aromatic N) is 3. The number of hydrogen-bond acceptors (Lipinski definition) is 6. The zero-order chi connectivity index (χ0) is 20.1. The molecule has 0 fully saturated rings. The largest absolute Gasteiger partial charge is 0.469 e. The van der Waals surface area contributed by atoms with Gasteiger partial charge in [0.15, 0.2) is 0 Å². The third-order valence-corrected chi connectivity index (χ3v) is 5.17. The summed E-state index contributed by atoms with van der Waals surface area (Å²) in [6, 6.07) is 20.0. The molecule has 1 aromatic carbocycles. The maximum atomic E-state index is 8.93. The van der Waals surface area contributed by atoms with Crippen molar-refractivity contribution in [3.63, 3.8) is 0 Å². The first kappa shape index (κ1) is 18.9. The number of nitriles is 1. The van der Waals surface area contributed by atoms with E-state index in [-0.39, 0.29) is 18.1 Å². The van der Waals surface area contributed by atoms with Gasteiger partial charge >= 0.3 is 0 Å². The monoisotopic (exact) mass is 385 g/mol. The molecule has 0 bridgehead atoms. The number of rotatable bonds is 6. The second-order valence-electron chi connectivity index (χ2n) is 7.18. The Morgan fingerprint density at radius 2 is 2.00 bits per heavy atom. The van der Waals surface area contributed by atoms with Crippen LogP contribution >= 0.6 is 0 Å². The van der Waals surface area contributed by atoms with Crippen molar-refractivity contribution in [3.8, 4) is 11.9 Å². The maximum Gasteiger partial charge on any atom is 0.237 e. The molecule has 6 heteroatoms. The van der Waals surface area contributed by atoms with Gasteiger partial charge in [-0.15, -0.1) is 0 Å². The lowest BCUT2D eigenvalue weighted by molar-refractivity contribution is 0.149. The molecule has 0 unspecified atom stereocenters. The summed E-state index contributed by atoms with van der Waals surface area (Å²) in [5.74, 6) is 0.874. The summed E-state index contributed by atoms with van der Waals surface area (Å²) < 4.78 is 6.23. The summed E-state index contributed by atoms with van der Waals surface area (Å²) in [6.45, 7) is 3.59. The minimum Gasteiger partial charge on any atom is -0.469 e. The molecule has 1 aliphatic heterocycles. The van der Waals surface area contributed by atoms with Gasteiger partial charge in [-0.25, -0.2) is 9.97 Å². The predicted molar refractivity (Wildman–Crippen MR) is 112 cm³/mol. The number of ether oxygens (including phenoxy) is 1. The summed E-state index contributed by atoms with van der Waals surface area (Å²) in [7, 11) is 0. The van der Waals surface area contributed by atoms with Crippen LogP contribution in [0.25, 0.3) is 0 Å². The normalized spacial score (nSPS) is 17.2. The molecule has 3 heterocycles. The number of benzene rings is 1. The Morgan fingerprint density at radius 1 is 1.14 bits per heavy atom. The number of pyridine rings is 2. The Labute approximate surface area is 170 Å². The highest BCUT2D eigenvalue weighted by Gasteiger charge is 2.29. The summed E-state index contributed by atoms with van der Waals surface area (Å²) in [6.07, 6.45) is 3.43. The minimum absolute atomic E-state index is 0.00708. The van der Waals surface area contributed by atoms with E-state index in [1.54, 1.807) is 18.5 Å². The number of hydrogen-bond donors (Lipinski definition) is 2. The first-order valence-corrected chi connectivity index (χ1v) is 9.74. The zero-order valence-corrected chi connectivity index (χ0v) is 16.2. The SMILES string of the molecule is C[C@H](CN[C@H](c1ccccc1)[C@@H]1CNc2cccnc2O1)c1ccc(C#N)nc1. The Bertz CT molecular complexity index is 984. The van der Waals surface area contributed by atoms with Crippen LogP contribution in [0, 0.1) is 11.3 Å². The van der Waals surface area contributed by atoms with Crippen LogP contribution in [0.1, 0.15) is 35.7 Å². The van der Waals surface area contributed by atoms with Gasteiger partial charge in [0.1, 0.15) is 17.9 Å². The van der Waals surface area contributed by atoms with Crippen LogP contribution in [0.15, 0.2) is 67.0 Å². The van der Waals surface area contributed by atoms with Crippen molar-refractivity contribution < 1.29 is 4.74 Å². The highest BCUT2D eigenvalue weighted by atomic mass is 16.5. The smallest absolute Gasteiger partial charge is 0.237 e. The molecule has 0 amide bonds. The summed E-state index contributed by atoms with van der Waals surface area (Å²) >= 11 is 0. The zero-order valence-electron chi connectivity index (χ0n) is 16.2. The quantitative estimate of drug-likeness (QED) is 0.674. The Kier molecular flexibility index (Phi) is 5.68. The Hall–Kier alpha value is -3.43. The molecule has 4 rings (SSSR count). The topological polar surface area (TPSA) is 82.9 Å². The Balaban J connectivity index is 1.50. The summed E-state index contributed by atoms with van der Waals surface area (Å²) in [5, 5.41) is 16.0. The molecule has 0 aliphatic carbocycles. The second-order valence-corrected chi connectivity index (χ2v) is 7.18. The lowest BCUT2D eigenvalue weighted by atomic mass is 9.97. The van der Waals surface area contributed by atoms with Crippen LogP contribution in [-0.2, 0) is 0 Å². The molecule has 146 valence electrons. The third-order valence-electron chi connectivity index (χ3n) is 5.17. The van der Waals surface area contributed by atoms with Crippen molar-refractivity contribution in [3.05, 3.63) is 83.8 Å². The molecule has 0 spiro atoms. The van der Waals surface area contributed by atoms with Gasteiger partial charge in [0.2, 0.25) is 5.88 Å². The molecular weight excluding hydrogens is 362 g/mol. The number of aromatic nitrogens is 2. The first-order valence-electron chi connectivity index (χ1n) is 9.74. The highest BCUT2D eigenvalue weighted by Crippen LogP contribution is 2.30. The molecular formula is C23H23N5O. The minimum atomic E-state index is -0.0916. The Morgan fingerprint density at radius 3 is 2.76 bits per heavy atom. The number of anilines is 1. The van der Waals surface area contributed by atoms with Crippen molar-refractivity contribution in [1.29, 1.82) is 5.26 Å². The van der Waals surface area contributed by atoms with Crippen LogP contribution in [0.5, 0.6) is 5.88 Å². The molecule has 3 atom stereocenters. The van der Waals surface area contributed by atoms with E-state index in [4.69, 9.17) is 10.00 Å². The lowest BCUT2D eigenvalue weighted by Crippen LogP contribution is -2.43. The van der Waals surface area contributed by atoms with E-state index >= 15 is 0 Å². The van der Waals surface area contributed by atoms with Gasteiger partial charge in [-0.05, 0) is 35.2 Å². The lowest BCUT2D eigenvalue weighted by Gasteiger charge is -2.33. The summed E-state index contributed by atoms with van der Waals surface area (Å²) in [5.41, 5.74) is 3.62. The molecule has 0 saturated heterocycles. The van der Waals surface area contributed by atoms with Gasteiger partial charge in [-0.2, -0.15) is 5.26 Å². The molecule has 3 aromatic rings. The molecule has 0 saturated carbocycles. The predicted octanol–water partition coefficient (Wildman–Crippen LogP) is 3.66. The van der Waals surface area contributed by atoms with E-state index in [0.29, 0.717) is 18.1 Å². The highest BCUT2D eigenvalue weighted by molar-refractivity contribution is 5.54. The van der Waals surface area contributed by atoms with Crippen molar-refractivity contribution in [2.75, 3.05) is 18.4 Å². The summed E-state index contributed by atoms with van der Waals surface area (Å²) in [4.78, 5) is 8.54. The fourth-order valence-corrected chi connectivity index (χ4v) is 3.51. The van der Waals surface area contributed by atoms with Crippen molar-refractivity contribution in [1.82, 2.24) is 15.3 Å². The fraction of sp³-hybridized carbons (Fsp3) is 0.261. The van der Waals surface area contributed by atoms with Crippen molar-refractivity contribution in [2.45, 2.75) is 25.0 Å². The first-order chi connectivity index (χ1) is 14.2. The van der Waals surface area contributed by atoms with Gasteiger partial charge in [-0.1, -0.05) is 43.3 Å². The van der Waals surface area contributed by atoms with Gasteiger partial charge < -0.3 is 15.4 Å². The van der Waals surface area contributed by atoms with Gasteiger partial charge in [-0.3, -0.25) is 0 Å². The molecule has 0 radical (unpaired) electrons. The van der Waals surface area contributed by atoms with Crippen LogP contribution < -0.4 is 15.4 Å². The average Bonchev–Trinajstić information content (AvgIpc) is 2.79. The van der Waals surface area contributed by atoms with E-state index in [2.05, 4.69) is 45.7 Å². The van der Waals surface area contributed by atoms with E-state index < -0.39 is 0 Å². The van der Waals surface area contributed by atoms with Crippen LogP contribution in [0.2, 0.25) is 0 Å². The van der Waals surface area contributed by atoms with Crippen LogP contribution in [0.4, 0.5) is 5.69 Å². The third kappa shape index (κ3) is 4.36. The molecule has 2 N–H and O–H groups in total. The van der Waals surface area contributed by atoms with E-state index in [0.717, 1.165) is 17.8 Å². The number of fused-ring (bicyclic) bond motifs is 1. The average molecular weight is 385 g/mol. The molecule has 6 nitrogen and oxygen atoms in total. The van der Waals surface area contributed by atoms with E-state index in [1.807, 2.05) is 36.4 Å². The van der Waals surface area contributed by atoms with Gasteiger partial charge in [0, 0.05) is 18.9 Å². The molecule has 1 aliphatic rings. The van der Waals surface area contributed by atoms with Gasteiger partial charge in [0.25, 0.3) is 0 Å². The second kappa shape index (κ2) is 8.72. The van der Waals surface area contributed by atoms with Crippen molar-refractivity contribution >= 4 is 5.69 Å². The van der Waals surface area contributed by atoms with Crippen LogP contribution in [-0.4, -0.2) is 29.2 Å². The van der Waals surface area contributed by atoms with Gasteiger partial charge in [0.05, 0.1) is 18.3 Å². The van der Waals surface area contributed by atoms with Crippen molar-refractivity contribution in [2.24, 2.45) is 0 Å². The van der Waals surface area contributed by atoms with E-state index in [9.17, 15) is 0 Å². The maximum absolute atomic E-state index is 8.93. The van der Waals surface area contributed by atoms with E-state index in [1.165, 1.54) is 5.56 Å². The molecule has 29 heavy (non-hydrogen) atoms. The van der Waals surface area contributed by atoms with Crippen LogP contribution in [0.3, 0.4) is 0 Å². The fourth-order valence-electron chi connectivity index (χ4n) is 3.51. The standard InChI is InChI=1S/C23H23N5O/c1-16(18-9-10-19(12-24)26-14-18)13-28-22(17-6-3-2-4-7-17)21-15-27-20-8-5-11-25-23(20)29-21/h2-11,14,16,21-22,27-28H,13,15H2,1H3/t16-,21+,22-/m1/s1. The molecule has 2 aromatic heterocycles. The number of nitrogens with one attached hydrogen (secondary N) is 2.